The van der Waals surface area contributed by atoms with Crippen LogP contribution in [0.3, 0.4) is 0 Å². The molecule has 1 fully saturated rings. The summed E-state index contributed by atoms with van der Waals surface area (Å²) in [5, 5.41) is 15.2. The van der Waals surface area contributed by atoms with Gasteiger partial charge in [0.15, 0.2) is 0 Å². The molecule has 0 heterocycles. The molecule has 1 unspecified atom stereocenters. The van der Waals surface area contributed by atoms with Crippen molar-refractivity contribution < 1.29 is 14.7 Å². The van der Waals surface area contributed by atoms with Gasteiger partial charge < -0.3 is 15.7 Å². The van der Waals surface area contributed by atoms with Gasteiger partial charge in [-0.2, -0.15) is 0 Å². The average molecular weight is 270 g/mol. The summed E-state index contributed by atoms with van der Waals surface area (Å²) in [4.78, 5) is 23.2. The van der Waals surface area contributed by atoms with Gasteiger partial charge in [-0.1, -0.05) is 33.1 Å². The highest BCUT2D eigenvalue weighted by molar-refractivity contribution is 5.80. The highest BCUT2D eigenvalue weighted by atomic mass is 16.4. The molecule has 1 saturated carbocycles. The number of carbonyl (C=O) groups excluding carboxylic acids is 1. The maximum Gasteiger partial charge on any atom is 0.305 e. The minimum Gasteiger partial charge on any atom is -0.481 e. The summed E-state index contributed by atoms with van der Waals surface area (Å²) in [7, 11) is 0. The van der Waals surface area contributed by atoms with Crippen molar-refractivity contribution >= 4 is 11.9 Å². The minimum absolute atomic E-state index is 0.0344. The van der Waals surface area contributed by atoms with Crippen molar-refractivity contribution in [1.82, 2.24) is 10.6 Å². The van der Waals surface area contributed by atoms with Crippen molar-refractivity contribution in [3.63, 3.8) is 0 Å². The van der Waals surface area contributed by atoms with Crippen LogP contribution in [0.5, 0.6) is 0 Å². The topological polar surface area (TPSA) is 78.4 Å². The van der Waals surface area contributed by atoms with Crippen molar-refractivity contribution in [1.29, 1.82) is 0 Å². The predicted octanol–water partition coefficient (Wildman–Crippen LogP) is 1.53. The summed E-state index contributed by atoms with van der Waals surface area (Å²) in [6, 6.07) is 0. The number of carboxylic acids is 1. The summed E-state index contributed by atoms with van der Waals surface area (Å²) in [6.45, 7) is 5.33. The zero-order valence-corrected chi connectivity index (χ0v) is 12.0. The molecule has 3 N–H and O–H groups in total. The monoisotopic (exact) mass is 270 g/mol. The fourth-order valence-corrected chi connectivity index (χ4v) is 2.70. The Hall–Kier alpha value is -1.10. The standard InChI is InChI=1S/C14H26N2O3/c1-3-15-10-11(2)13(19)16-14(9-12(17)18)7-5-4-6-8-14/h11,15H,3-10H2,1-2H3,(H,16,19)(H,17,18). The van der Waals surface area contributed by atoms with Crippen molar-refractivity contribution in [2.24, 2.45) is 5.92 Å². The molecule has 1 rings (SSSR count). The Kier molecular flexibility index (Phi) is 6.28. The van der Waals surface area contributed by atoms with E-state index in [4.69, 9.17) is 5.11 Å². The summed E-state index contributed by atoms with van der Waals surface area (Å²) < 4.78 is 0. The van der Waals surface area contributed by atoms with Gasteiger partial charge in [0.05, 0.1) is 12.0 Å². The second kappa shape index (κ2) is 7.48. The summed E-state index contributed by atoms with van der Waals surface area (Å²) in [5.41, 5.74) is -0.526. The molecule has 5 nitrogen and oxygen atoms in total. The molecule has 5 heteroatoms. The van der Waals surface area contributed by atoms with Gasteiger partial charge in [0, 0.05) is 12.5 Å². The molecule has 0 spiro atoms. The highest BCUT2D eigenvalue weighted by Gasteiger charge is 2.36. The summed E-state index contributed by atoms with van der Waals surface area (Å²) in [5.74, 6) is -1.00. The molecule has 0 bridgehead atoms. The molecular formula is C14H26N2O3. The van der Waals surface area contributed by atoms with E-state index in [1.165, 1.54) is 0 Å². The molecule has 1 amide bonds. The van der Waals surface area contributed by atoms with E-state index in [-0.39, 0.29) is 18.2 Å². The van der Waals surface area contributed by atoms with Crippen molar-refractivity contribution in [3.05, 3.63) is 0 Å². The lowest BCUT2D eigenvalue weighted by Crippen LogP contribution is -2.53. The van der Waals surface area contributed by atoms with Gasteiger partial charge in [0.2, 0.25) is 5.91 Å². The van der Waals surface area contributed by atoms with E-state index in [1.54, 1.807) is 0 Å². The van der Waals surface area contributed by atoms with E-state index >= 15 is 0 Å². The first-order chi connectivity index (χ1) is 8.99. The Bertz CT molecular complexity index is 312. The Morgan fingerprint density at radius 2 is 1.89 bits per heavy atom. The number of carbonyl (C=O) groups is 2. The van der Waals surface area contributed by atoms with Gasteiger partial charge in [0.25, 0.3) is 0 Å². The molecule has 0 aliphatic heterocycles. The predicted molar refractivity (Wildman–Crippen MR) is 73.9 cm³/mol. The number of carboxylic acid groups (broad SMARTS) is 1. The third-order valence-electron chi connectivity index (χ3n) is 3.84. The van der Waals surface area contributed by atoms with Crippen LogP contribution in [0.15, 0.2) is 0 Å². The van der Waals surface area contributed by atoms with Crippen LogP contribution in [0.1, 0.15) is 52.4 Å². The maximum absolute atomic E-state index is 12.2. The lowest BCUT2D eigenvalue weighted by molar-refractivity contribution is -0.140. The van der Waals surface area contributed by atoms with E-state index in [2.05, 4.69) is 10.6 Å². The Morgan fingerprint density at radius 1 is 1.26 bits per heavy atom. The van der Waals surface area contributed by atoms with Gasteiger partial charge in [-0.3, -0.25) is 9.59 Å². The second-order valence-electron chi connectivity index (χ2n) is 5.61. The smallest absolute Gasteiger partial charge is 0.305 e. The quantitative estimate of drug-likeness (QED) is 0.655. The second-order valence-corrected chi connectivity index (χ2v) is 5.61. The van der Waals surface area contributed by atoms with Crippen molar-refractivity contribution in [2.45, 2.75) is 57.9 Å². The Labute approximate surface area is 115 Å². The third-order valence-corrected chi connectivity index (χ3v) is 3.84. The van der Waals surface area contributed by atoms with Gasteiger partial charge in [0.1, 0.15) is 0 Å². The lowest BCUT2D eigenvalue weighted by Gasteiger charge is -2.37. The number of aliphatic carboxylic acids is 1. The largest absolute Gasteiger partial charge is 0.481 e. The van der Waals surface area contributed by atoms with Crippen LogP contribution >= 0.6 is 0 Å². The van der Waals surface area contributed by atoms with Gasteiger partial charge >= 0.3 is 5.97 Å². The molecule has 1 atom stereocenters. The highest BCUT2D eigenvalue weighted by Crippen LogP contribution is 2.31. The van der Waals surface area contributed by atoms with Crippen LogP contribution in [0.2, 0.25) is 0 Å². The normalized spacial score (nSPS) is 19.7. The first-order valence-electron chi connectivity index (χ1n) is 7.23. The molecule has 0 aromatic rings. The van der Waals surface area contributed by atoms with Crippen LogP contribution in [0.4, 0.5) is 0 Å². The molecule has 1 aliphatic carbocycles. The van der Waals surface area contributed by atoms with Crippen molar-refractivity contribution in [3.8, 4) is 0 Å². The van der Waals surface area contributed by atoms with Crippen molar-refractivity contribution in [2.75, 3.05) is 13.1 Å². The van der Waals surface area contributed by atoms with Crippen LogP contribution in [0, 0.1) is 5.92 Å². The Balaban J connectivity index is 2.61. The van der Waals surface area contributed by atoms with E-state index in [9.17, 15) is 9.59 Å². The third kappa shape index (κ3) is 5.19. The Morgan fingerprint density at radius 3 is 2.42 bits per heavy atom. The SMILES string of the molecule is CCNCC(C)C(=O)NC1(CC(=O)O)CCCCC1. The number of hydrogen-bond acceptors (Lipinski definition) is 3. The molecule has 1 aliphatic rings. The molecule has 0 aromatic heterocycles. The van der Waals surface area contributed by atoms with Gasteiger partial charge in [-0.15, -0.1) is 0 Å². The maximum atomic E-state index is 12.2. The molecule has 110 valence electrons. The van der Waals surface area contributed by atoms with E-state index < -0.39 is 11.5 Å². The van der Waals surface area contributed by atoms with Crippen LogP contribution in [-0.4, -0.2) is 35.6 Å². The van der Waals surface area contributed by atoms with Gasteiger partial charge in [-0.05, 0) is 19.4 Å². The minimum atomic E-state index is -0.832. The van der Waals surface area contributed by atoms with E-state index in [1.807, 2.05) is 13.8 Å². The lowest BCUT2D eigenvalue weighted by atomic mass is 9.79. The molecule has 19 heavy (non-hydrogen) atoms. The fourth-order valence-electron chi connectivity index (χ4n) is 2.70. The average Bonchev–Trinajstić information content (AvgIpc) is 2.35. The van der Waals surface area contributed by atoms with Crippen LogP contribution in [0.25, 0.3) is 0 Å². The first-order valence-corrected chi connectivity index (χ1v) is 7.23. The molecule has 0 aromatic carbocycles. The van der Waals surface area contributed by atoms with Crippen LogP contribution < -0.4 is 10.6 Å². The summed E-state index contributed by atoms with van der Waals surface area (Å²) >= 11 is 0. The molecule has 0 radical (unpaired) electrons. The number of nitrogens with one attached hydrogen (secondary N) is 2. The molecular weight excluding hydrogens is 244 g/mol. The number of amides is 1. The summed E-state index contributed by atoms with van der Waals surface area (Å²) in [6.07, 6.45) is 4.71. The fraction of sp³-hybridized carbons (Fsp3) is 0.857. The van der Waals surface area contributed by atoms with Gasteiger partial charge in [-0.25, -0.2) is 0 Å². The number of rotatable bonds is 7. The first kappa shape index (κ1) is 16.0. The van der Waals surface area contributed by atoms with E-state index in [0.29, 0.717) is 6.54 Å². The molecule has 0 saturated heterocycles. The number of hydrogen-bond donors (Lipinski definition) is 3. The zero-order valence-electron chi connectivity index (χ0n) is 12.0. The van der Waals surface area contributed by atoms with E-state index in [0.717, 1.165) is 38.6 Å². The van der Waals surface area contributed by atoms with Crippen LogP contribution in [-0.2, 0) is 9.59 Å². The zero-order chi connectivity index (χ0) is 14.3.